The fourth-order valence-electron chi connectivity index (χ4n) is 3.50. The van der Waals surface area contributed by atoms with Gasteiger partial charge in [-0.05, 0) is 45.1 Å². The first-order chi connectivity index (χ1) is 8.69. The largest absolute Gasteiger partial charge is 0.380 e. The van der Waals surface area contributed by atoms with Gasteiger partial charge in [0, 0.05) is 19.2 Å². The van der Waals surface area contributed by atoms with E-state index < -0.39 is 0 Å². The Kier molecular flexibility index (Phi) is 4.79. The van der Waals surface area contributed by atoms with Gasteiger partial charge in [0.1, 0.15) is 6.29 Å². The van der Waals surface area contributed by atoms with Gasteiger partial charge >= 0.3 is 0 Å². The maximum absolute atomic E-state index is 11.3. The molecule has 0 spiro atoms. The van der Waals surface area contributed by atoms with Crippen LogP contribution in [-0.2, 0) is 9.53 Å². The Labute approximate surface area is 111 Å². The van der Waals surface area contributed by atoms with Crippen LogP contribution < -0.4 is 0 Å². The van der Waals surface area contributed by atoms with Gasteiger partial charge in [-0.3, -0.25) is 0 Å². The third kappa shape index (κ3) is 3.12. The van der Waals surface area contributed by atoms with E-state index in [9.17, 15) is 4.79 Å². The van der Waals surface area contributed by atoms with Gasteiger partial charge in [-0.1, -0.05) is 13.3 Å². The van der Waals surface area contributed by atoms with Crippen LogP contribution >= 0.6 is 0 Å². The molecule has 2 aliphatic rings. The van der Waals surface area contributed by atoms with E-state index in [2.05, 4.69) is 18.9 Å². The Morgan fingerprint density at radius 3 is 2.56 bits per heavy atom. The number of hydrogen-bond donors (Lipinski definition) is 0. The van der Waals surface area contributed by atoms with Crippen molar-refractivity contribution in [1.82, 2.24) is 4.90 Å². The minimum absolute atomic E-state index is 0.226. The number of hydrogen-bond acceptors (Lipinski definition) is 3. The van der Waals surface area contributed by atoms with Gasteiger partial charge in [0.15, 0.2) is 0 Å². The number of nitrogens with zero attached hydrogens (tertiary/aromatic N) is 1. The van der Waals surface area contributed by atoms with E-state index in [4.69, 9.17) is 4.74 Å². The average molecular weight is 253 g/mol. The van der Waals surface area contributed by atoms with Crippen molar-refractivity contribution in [3.05, 3.63) is 0 Å². The van der Waals surface area contributed by atoms with Crippen LogP contribution in [-0.4, -0.2) is 44.0 Å². The summed E-state index contributed by atoms with van der Waals surface area (Å²) < 4.78 is 5.42. The molecule has 104 valence electrons. The zero-order valence-electron chi connectivity index (χ0n) is 11.9. The van der Waals surface area contributed by atoms with Crippen molar-refractivity contribution in [3.63, 3.8) is 0 Å². The molecule has 0 aromatic carbocycles. The predicted octanol–water partition coefficient (Wildman–Crippen LogP) is 2.49. The van der Waals surface area contributed by atoms with E-state index in [0.717, 1.165) is 31.8 Å². The van der Waals surface area contributed by atoms with Gasteiger partial charge in [0.25, 0.3) is 0 Å². The van der Waals surface area contributed by atoms with Crippen LogP contribution in [0, 0.1) is 11.3 Å². The minimum atomic E-state index is -0.226. The van der Waals surface area contributed by atoms with Crippen molar-refractivity contribution in [2.45, 2.75) is 51.5 Å². The summed E-state index contributed by atoms with van der Waals surface area (Å²) in [4.78, 5) is 13.8. The van der Waals surface area contributed by atoms with Crippen LogP contribution in [0.4, 0.5) is 0 Å². The fourth-order valence-corrected chi connectivity index (χ4v) is 3.50. The van der Waals surface area contributed by atoms with Gasteiger partial charge in [-0.2, -0.15) is 0 Å². The normalized spacial score (nSPS) is 37.1. The molecule has 1 aliphatic heterocycles. The van der Waals surface area contributed by atoms with Crippen molar-refractivity contribution in [2.75, 3.05) is 26.8 Å². The third-order valence-corrected chi connectivity index (χ3v) is 4.97. The van der Waals surface area contributed by atoms with Crippen LogP contribution in [0.25, 0.3) is 0 Å². The Morgan fingerprint density at radius 2 is 2.06 bits per heavy atom. The maximum atomic E-state index is 11.3. The molecule has 1 saturated carbocycles. The highest BCUT2D eigenvalue weighted by molar-refractivity contribution is 5.60. The molecular weight excluding hydrogens is 226 g/mol. The van der Waals surface area contributed by atoms with Crippen molar-refractivity contribution in [2.24, 2.45) is 11.3 Å². The number of carbonyl (C=O) groups excluding carboxylic acids is 1. The smallest absolute Gasteiger partial charge is 0.129 e. The highest BCUT2D eigenvalue weighted by atomic mass is 16.5. The molecule has 0 radical (unpaired) electrons. The molecule has 0 aromatic rings. The summed E-state index contributed by atoms with van der Waals surface area (Å²) >= 11 is 0. The van der Waals surface area contributed by atoms with E-state index in [-0.39, 0.29) is 5.41 Å². The molecule has 18 heavy (non-hydrogen) atoms. The highest BCUT2D eigenvalue weighted by Crippen LogP contribution is 2.32. The molecule has 3 heteroatoms. The van der Waals surface area contributed by atoms with Crippen LogP contribution in [0.15, 0.2) is 0 Å². The van der Waals surface area contributed by atoms with Gasteiger partial charge in [-0.15, -0.1) is 0 Å². The number of aldehydes is 1. The molecule has 0 aromatic heterocycles. The van der Waals surface area contributed by atoms with Crippen LogP contribution in [0.1, 0.15) is 45.4 Å². The fraction of sp³-hybridized carbons (Fsp3) is 0.933. The van der Waals surface area contributed by atoms with Gasteiger partial charge in [0.05, 0.1) is 12.0 Å². The van der Waals surface area contributed by atoms with E-state index in [1.165, 1.54) is 32.1 Å². The number of rotatable bonds is 5. The molecule has 1 heterocycles. The molecule has 0 N–H and O–H groups in total. The lowest BCUT2D eigenvalue weighted by atomic mass is 9.82. The molecular formula is C15H27NO2. The Bertz CT molecular complexity index is 266. The second kappa shape index (κ2) is 6.16. The second-order valence-corrected chi connectivity index (χ2v) is 6.28. The Hall–Kier alpha value is -0.410. The first-order valence-electron chi connectivity index (χ1n) is 7.43. The van der Waals surface area contributed by atoms with Crippen LogP contribution in [0.2, 0.25) is 0 Å². The lowest BCUT2D eigenvalue weighted by molar-refractivity contribution is -0.117. The number of ether oxygens (including phenoxy) is 1. The first-order valence-corrected chi connectivity index (χ1v) is 7.43. The lowest BCUT2D eigenvalue weighted by Crippen LogP contribution is -2.43. The average Bonchev–Trinajstić information content (AvgIpc) is 2.88. The van der Waals surface area contributed by atoms with Crippen LogP contribution in [0.5, 0.6) is 0 Å². The summed E-state index contributed by atoms with van der Waals surface area (Å²) in [6.45, 7) is 4.53. The Balaban J connectivity index is 1.84. The molecule has 1 aliphatic carbocycles. The highest BCUT2D eigenvalue weighted by Gasteiger charge is 2.37. The molecule has 3 nitrogen and oxygen atoms in total. The van der Waals surface area contributed by atoms with Crippen molar-refractivity contribution >= 4 is 6.29 Å². The second-order valence-electron chi connectivity index (χ2n) is 6.28. The number of carbonyl (C=O) groups is 1. The summed E-state index contributed by atoms with van der Waals surface area (Å²) in [5, 5.41) is 0. The van der Waals surface area contributed by atoms with E-state index in [1.54, 1.807) is 0 Å². The van der Waals surface area contributed by atoms with Crippen molar-refractivity contribution in [3.8, 4) is 0 Å². The SMILES string of the molecule is CCC1CCC(N(C)CC2(C=O)CCOC2)CC1. The first kappa shape index (κ1) is 14.0. The van der Waals surface area contributed by atoms with Crippen molar-refractivity contribution < 1.29 is 9.53 Å². The molecule has 0 bridgehead atoms. The minimum Gasteiger partial charge on any atom is -0.380 e. The molecule has 2 fully saturated rings. The predicted molar refractivity (Wildman–Crippen MR) is 72.6 cm³/mol. The molecule has 1 atom stereocenters. The summed E-state index contributed by atoms with van der Waals surface area (Å²) in [5.41, 5.74) is -0.226. The molecule has 1 saturated heterocycles. The molecule has 2 rings (SSSR count). The zero-order chi connectivity index (χ0) is 13.0. The standard InChI is InChI=1S/C15H27NO2/c1-3-13-4-6-14(7-5-13)16(2)10-15(11-17)8-9-18-12-15/h11,13-14H,3-10,12H2,1-2H3. The van der Waals surface area contributed by atoms with Gasteiger partial charge in [0.2, 0.25) is 0 Å². The van der Waals surface area contributed by atoms with Gasteiger partial charge < -0.3 is 14.4 Å². The molecule has 1 unspecified atom stereocenters. The maximum Gasteiger partial charge on any atom is 0.129 e. The lowest BCUT2D eigenvalue weighted by Gasteiger charge is -2.37. The summed E-state index contributed by atoms with van der Waals surface area (Å²) in [6, 6.07) is 0.672. The monoisotopic (exact) mass is 253 g/mol. The quantitative estimate of drug-likeness (QED) is 0.705. The van der Waals surface area contributed by atoms with Gasteiger partial charge in [-0.25, -0.2) is 0 Å². The Morgan fingerprint density at radius 1 is 1.33 bits per heavy atom. The third-order valence-electron chi connectivity index (χ3n) is 4.97. The summed E-state index contributed by atoms with van der Waals surface area (Å²) in [7, 11) is 2.18. The van der Waals surface area contributed by atoms with E-state index in [0.29, 0.717) is 12.6 Å². The van der Waals surface area contributed by atoms with E-state index in [1.807, 2.05) is 0 Å². The van der Waals surface area contributed by atoms with Crippen molar-refractivity contribution in [1.29, 1.82) is 0 Å². The summed E-state index contributed by atoms with van der Waals surface area (Å²) in [5.74, 6) is 0.935. The van der Waals surface area contributed by atoms with Crippen LogP contribution in [0.3, 0.4) is 0 Å². The molecule has 0 amide bonds. The summed E-state index contributed by atoms with van der Waals surface area (Å²) in [6.07, 6.45) is 8.66. The topological polar surface area (TPSA) is 29.5 Å². The zero-order valence-corrected chi connectivity index (χ0v) is 11.9. The van der Waals surface area contributed by atoms with E-state index >= 15 is 0 Å².